The van der Waals surface area contributed by atoms with Crippen LogP contribution in [0.2, 0.25) is 0 Å². The third-order valence-corrected chi connectivity index (χ3v) is 2.51. The molecule has 1 fully saturated rings. The van der Waals surface area contributed by atoms with E-state index >= 15 is 0 Å². The SMILES string of the molecule is CN1CCC(NC/C=C/Cl)CC1. The second-order valence-electron chi connectivity index (χ2n) is 3.35. The number of rotatable bonds is 3. The number of hydrogen-bond donors (Lipinski definition) is 1. The van der Waals surface area contributed by atoms with E-state index in [4.69, 9.17) is 11.6 Å². The minimum atomic E-state index is 0.689. The van der Waals surface area contributed by atoms with Crippen molar-refractivity contribution in [3.63, 3.8) is 0 Å². The molecular formula is C9H17ClN2. The standard InChI is InChI=1S/C9H17ClN2/c1-12-7-3-9(4-8-12)11-6-2-5-10/h2,5,9,11H,3-4,6-8H2,1H3/b5-2+. The van der Waals surface area contributed by atoms with E-state index in [-0.39, 0.29) is 0 Å². The first kappa shape index (κ1) is 10.0. The van der Waals surface area contributed by atoms with Crippen molar-refractivity contribution in [3.05, 3.63) is 11.6 Å². The molecule has 0 radical (unpaired) electrons. The van der Waals surface area contributed by atoms with Crippen LogP contribution in [0.5, 0.6) is 0 Å². The second-order valence-corrected chi connectivity index (χ2v) is 3.60. The maximum atomic E-state index is 5.41. The van der Waals surface area contributed by atoms with E-state index in [9.17, 15) is 0 Å². The lowest BCUT2D eigenvalue weighted by Crippen LogP contribution is -2.40. The molecule has 0 aliphatic carbocycles. The van der Waals surface area contributed by atoms with Gasteiger partial charge in [-0.25, -0.2) is 0 Å². The van der Waals surface area contributed by atoms with Gasteiger partial charge in [0.25, 0.3) is 0 Å². The van der Waals surface area contributed by atoms with Gasteiger partial charge in [0.2, 0.25) is 0 Å². The van der Waals surface area contributed by atoms with E-state index in [1.54, 1.807) is 5.54 Å². The summed E-state index contributed by atoms with van der Waals surface area (Å²) in [5, 5.41) is 3.45. The van der Waals surface area contributed by atoms with Gasteiger partial charge in [-0.2, -0.15) is 0 Å². The first-order valence-corrected chi connectivity index (χ1v) is 4.93. The molecule has 1 aliphatic rings. The van der Waals surface area contributed by atoms with E-state index < -0.39 is 0 Å². The Labute approximate surface area is 79.6 Å². The summed E-state index contributed by atoms with van der Waals surface area (Å²) < 4.78 is 0. The zero-order valence-corrected chi connectivity index (χ0v) is 8.35. The average molecular weight is 189 g/mol. The zero-order valence-electron chi connectivity index (χ0n) is 7.59. The topological polar surface area (TPSA) is 15.3 Å². The van der Waals surface area contributed by atoms with Crippen LogP contribution in [-0.2, 0) is 0 Å². The summed E-state index contributed by atoms with van der Waals surface area (Å²) in [5.74, 6) is 0. The normalized spacial score (nSPS) is 22.2. The van der Waals surface area contributed by atoms with Gasteiger partial charge in [-0.1, -0.05) is 17.7 Å². The van der Waals surface area contributed by atoms with Crippen molar-refractivity contribution in [2.75, 3.05) is 26.7 Å². The van der Waals surface area contributed by atoms with Gasteiger partial charge >= 0.3 is 0 Å². The molecule has 0 spiro atoms. The number of likely N-dealkylation sites (tertiary alicyclic amines) is 1. The molecule has 0 atom stereocenters. The van der Waals surface area contributed by atoms with Crippen molar-refractivity contribution in [1.82, 2.24) is 10.2 Å². The van der Waals surface area contributed by atoms with E-state index in [1.165, 1.54) is 25.9 Å². The molecule has 0 aromatic rings. The van der Waals surface area contributed by atoms with Gasteiger partial charge in [0.1, 0.15) is 0 Å². The minimum absolute atomic E-state index is 0.689. The average Bonchev–Trinajstić information content (AvgIpc) is 2.09. The summed E-state index contributed by atoms with van der Waals surface area (Å²) in [6.07, 6.45) is 4.46. The van der Waals surface area contributed by atoms with Crippen LogP contribution in [0, 0.1) is 0 Å². The van der Waals surface area contributed by atoms with Gasteiger partial charge in [0, 0.05) is 18.1 Å². The molecule has 12 heavy (non-hydrogen) atoms. The molecule has 1 heterocycles. The zero-order chi connectivity index (χ0) is 8.81. The molecule has 1 saturated heterocycles. The maximum absolute atomic E-state index is 5.41. The highest BCUT2D eigenvalue weighted by Gasteiger charge is 2.14. The fourth-order valence-corrected chi connectivity index (χ4v) is 1.58. The quantitative estimate of drug-likeness (QED) is 0.721. The van der Waals surface area contributed by atoms with Crippen LogP contribution in [0.25, 0.3) is 0 Å². The van der Waals surface area contributed by atoms with Crippen molar-refractivity contribution in [1.29, 1.82) is 0 Å². The molecule has 70 valence electrons. The summed E-state index contributed by atoms with van der Waals surface area (Å²) in [6, 6.07) is 0.689. The van der Waals surface area contributed by atoms with Gasteiger partial charge in [0.05, 0.1) is 0 Å². The van der Waals surface area contributed by atoms with Gasteiger partial charge in [0.15, 0.2) is 0 Å². The lowest BCUT2D eigenvalue weighted by Gasteiger charge is -2.29. The van der Waals surface area contributed by atoms with E-state index in [1.807, 2.05) is 6.08 Å². The van der Waals surface area contributed by atoms with Crippen molar-refractivity contribution >= 4 is 11.6 Å². The van der Waals surface area contributed by atoms with Crippen LogP contribution in [0.1, 0.15) is 12.8 Å². The molecule has 3 heteroatoms. The number of nitrogens with one attached hydrogen (secondary N) is 1. The monoisotopic (exact) mass is 188 g/mol. The minimum Gasteiger partial charge on any atom is -0.310 e. The maximum Gasteiger partial charge on any atom is 0.0149 e. The second kappa shape index (κ2) is 5.57. The molecular weight excluding hydrogens is 172 g/mol. The van der Waals surface area contributed by atoms with Crippen molar-refractivity contribution in [3.8, 4) is 0 Å². The Hall–Kier alpha value is -0.0500. The van der Waals surface area contributed by atoms with Crippen LogP contribution < -0.4 is 5.32 Å². The van der Waals surface area contributed by atoms with E-state index in [2.05, 4.69) is 17.3 Å². The van der Waals surface area contributed by atoms with Crippen LogP contribution in [-0.4, -0.2) is 37.6 Å². The Balaban J connectivity index is 2.09. The molecule has 2 nitrogen and oxygen atoms in total. The van der Waals surface area contributed by atoms with Gasteiger partial charge in [-0.05, 0) is 33.0 Å². The first-order valence-electron chi connectivity index (χ1n) is 4.50. The Morgan fingerprint density at radius 1 is 1.50 bits per heavy atom. The summed E-state index contributed by atoms with van der Waals surface area (Å²) in [6.45, 7) is 3.32. The van der Waals surface area contributed by atoms with Crippen molar-refractivity contribution in [2.45, 2.75) is 18.9 Å². The Bertz CT molecular complexity index is 139. The Morgan fingerprint density at radius 2 is 2.17 bits per heavy atom. The van der Waals surface area contributed by atoms with Gasteiger partial charge < -0.3 is 10.2 Å². The number of hydrogen-bond acceptors (Lipinski definition) is 2. The first-order chi connectivity index (χ1) is 5.83. The molecule has 0 unspecified atom stereocenters. The van der Waals surface area contributed by atoms with Crippen molar-refractivity contribution < 1.29 is 0 Å². The molecule has 0 bridgehead atoms. The molecule has 1 N–H and O–H groups in total. The largest absolute Gasteiger partial charge is 0.310 e. The molecule has 0 saturated carbocycles. The Kier molecular flexibility index (Phi) is 4.66. The Morgan fingerprint density at radius 3 is 2.75 bits per heavy atom. The fraction of sp³-hybridized carbons (Fsp3) is 0.778. The van der Waals surface area contributed by atoms with E-state index in [0.717, 1.165) is 6.54 Å². The third kappa shape index (κ3) is 3.57. The highest BCUT2D eigenvalue weighted by molar-refractivity contribution is 6.25. The summed E-state index contributed by atoms with van der Waals surface area (Å²) in [4.78, 5) is 2.37. The molecule has 1 rings (SSSR count). The molecule has 1 aliphatic heterocycles. The van der Waals surface area contributed by atoms with Crippen LogP contribution in [0.15, 0.2) is 11.6 Å². The number of halogens is 1. The van der Waals surface area contributed by atoms with Crippen LogP contribution in [0.3, 0.4) is 0 Å². The number of piperidine rings is 1. The van der Waals surface area contributed by atoms with Crippen LogP contribution >= 0.6 is 11.6 Å². The lowest BCUT2D eigenvalue weighted by molar-refractivity contribution is 0.238. The highest BCUT2D eigenvalue weighted by atomic mass is 35.5. The fourth-order valence-electron chi connectivity index (χ4n) is 1.49. The summed E-state index contributed by atoms with van der Waals surface area (Å²) in [5.41, 5.74) is 1.57. The van der Waals surface area contributed by atoms with Crippen LogP contribution in [0.4, 0.5) is 0 Å². The number of nitrogens with zero attached hydrogens (tertiary/aromatic N) is 1. The summed E-state index contributed by atoms with van der Waals surface area (Å²) in [7, 11) is 2.18. The smallest absolute Gasteiger partial charge is 0.0149 e. The molecule has 0 aromatic carbocycles. The lowest BCUT2D eigenvalue weighted by atomic mass is 10.1. The van der Waals surface area contributed by atoms with Gasteiger partial charge in [-0.15, -0.1) is 0 Å². The van der Waals surface area contributed by atoms with E-state index in [0.29, 0.717) is 6.04 Å². The predicted octanol–water partition coefficient (Wildman–Crippen LogP) is 1.42. The molecule has 0 aromatic heterocycles. The highest BCUT2D eigenvalue weighted by Crippen LogP contribution is 2.07. The predicted molar refractivity (Wildman–Crippen MR) is 53.5 cm³/mol. The summed E-state index contributed by atoms with van der Waals surface area (Å²) >= 11 is 5.41. The van der Waals surface area contributed by atoms with Gasteiger partial charge in [-0.3, -0.25) is 0 Å². The molecule has 0 amide bonds. The van der Waals surface area contributed by atoms with Crippen molar-refractivity contribution in [2.24, 2.45) is 0 Å². The third-order valence-electron chi connectivity index (χ3n) is 2.33.